The first-order chi connectivity index (χ1) is 5.68. The van der Waals surface area contributed by atoms with Crippen molar-refractivity contribution in [2.45, 2.75) is 40.0 Å². The maximum absolute atomic E-state index is 10.8. The zero-order chi connectivity index (χ0) is 9.45. The largest absolute Gasteiger partial charge is 0.382 e. The molecule has 0 fully saturated rings. The smallest absolute Gasteiger partial charge is 0.125 e. The quantitative estimate of drug-likeness (QED) is 0.435. The molecule has 0 amide bonds. The lowest BCUT2D eigenvalue weighted by Gasteiger charge is -2.21. The van der Waals surface area contributed by atoms with Gasteiger partial charge in [-0.1, -0.05) is 20.3 Å². The van der Waals surface area contributed by atoms with E-state index in [0.29, 0.717) is 6.61 Å². The van der Waals surface area contributed by atoms with E-state index in [9.17, 15) is 4.79 Å². The van der Waals surface area contributed by atoms with E-state index in [-0.39, 0.29) is 5.41 Å². The van der Waals surface area contributed by atoms with Crippen LogP contribution in [0.15, 0.2) is 0 Å². The van der Waals surface area contributed by atoms with Gasteiger partial charge in [-0.25, -0.2) is 0 Å². The Labute approximate surface area is 75.3 Å². The summed E-state index contributed by atoms with van der Waals surface area (Å²) in [6, 6.07) is 0. The minimum atomic E-state index is -0.163. The molecule has 12 heavy (non-hydrogen) atoms. The fourth-order valence-electron chi connectivity index (χ4n) is 1.26. The highest BCUT2D eigenvalue weighted by atomic mass is 16.5. The molecular formula is C10H20O2. The van der Waals surface area contributed by atoms with E-state index in [2.05, 4.69) is 6.92 Å². The van der Waals surface area contributed by atoms with Crippen LogP contribution in [0.1, 0.15) is 40.0 Å². The highest BCUT2D eigenvalue weighted by Crippen LogP contribution is 2.24. The summed E-state index contributed by atoms with van der Waals surface area (Å²) >= 11 is 0. The summed E-state index contributed by atoms with van der Waals surface area (Å²) in [5, 5.41) is 0. The number of aldehydes is 1. The first-order valence-corrected chi connectivity index (χ1v) is 4.72. The fraction of sp³-hybridized carbons (Fsp3) is 0.900. The van der Waals surface area contributed by atoms with Crippen molar-refractivity contribution in [3.8, 4) is 0 Å². The number of ether oxygens (including phenoxy) is 1. The van der Waals surface area contributed by atoms with E-state index in [4.69, 9.17) is 4.74 Å². The average Bonchev–Trinajstić information content (AvgIpc) is 2.06. The van der Waals surface area contributed by atoms with Crippen molar-refractivity contribution < 1.29 is 9.53 Å². The van der Waals surface area contributed by atoms with Crippen LogP contribution in [-0.4, -0.2) is 19.5 Å². The SMILES string of the molecule is CCCC(C)(C=O)CCOCC. The number of carbonyl (C=O) groups excluding carboxylic acids is 1. The van der Waals surface area contributed by atoms with E-state index < -0.39 is 0 Å². The Morgan fingerprint density at radius 1 is 1.33 bits per heavy atom. The first kappa shape index (κ1) is 11.6. The van der Waals surface area contributed by atoms with Crippen molar-refractivity contribution in [2.24, 2.45) is 5.41 Å². The number of hydrogen-bond acceptors (Lipinski definition) is 2. The van der Waals surface area contributed by atoms with Gasteiger partial charge in [-0.05, 0) is 19.8 Å². The van der Waals surface area contributed by atoms with Gasteiger partial charge in [0, 0.05) is 18.6 Å². The van der Waals surface area contributed by atoms with Crippen molar-refractivity contribution in [1.29, 1.82) is 0 Å². The lowest BCUT2D eigenvalue weighted by Crippen LogP contribution is -2.20. The Morgan fingerprint density at radius 3 is 2.42 bits per heavy atom. The van der Waals surface area contributed by atoms with Gasteiger partial charge in [0.05, 0.1) is 0 Å². The van der Waals surface area contributed by atoms with Crippen LogP contribution in [0.25, 0.3) is 0 Å². The molecule has 0 heterocycles. The molecule has 1 unspecified atom stereocenters. The molecule has 0 aromatic heterocycles. The second-order valence-corrected chi connectivity index (χ2v) is 3.47. The maximum atomic E-state index is 10.8. The minimum Gasteiger partial charge on any atom is -0.382 e. The lowest BCUT2D eigenvalue weighted by molar-refractivity contribution is -0.116. The van der Waals surface area contributed by atoms with Gasteiger partial charge in [0.2, 0.25) is 0 Å². The molecule has 72 valence electrons. The molecule has 0 N–H and O–H groups in total. The monoisotopic (exact) mass is 172 g/mol. The van der Waals surface area contributed by atoms with Crippen LogP contribution in [-0.2, 0) is 9.53 Å². The van der Waals surface area contributed by atoms with Crippen molar-refractivity contribution in [3.63, 3.8) is 0 Å². The molecule has 0 radical (unpaired) electrons. The summed E-state index contributed by atoms with van der Waals surface area (Å²) in [5.74, 6) is 0. The molecule has 0 saturated heterocycles. The van der Waals surface area contributed by atoms with E-state index in [1.165, 1.54) is 0 Å². The standard InChI is InChI=1S/C10H20O2/c1-4-6-10(3,9-11)7-8-12-5-2/h9H,4-8H2,1-3H3. The summed E-state index contributed by atoms with van der Waals surface area (Å²) < 4.78 is 5.22. The zero-order valence-electron chi connectivity index (χ0n) is 8.43. The maximum Gasteiger partial charge on any atom is 0.125 e. The molecular weight excluding hydrogens is 152 g/mol. The van der Waals surface area contributed by atoms with Gasteiger partial charge in [-0.3, -0.25) is 0 Å². The van der Waals surface area contributed by atoms with Gasteiger partial charge in [0.15, 0.2) is 0 Å². The summed E-state index contributed by atoms with van der Waals surface area (Å²) in [6.45, 7) is 7.51. The molecule has 0 aromatic rings. The topological polar surface area (TPSA) is 26.3 Å². The molecule has 0 saturated carbocycles. The molecule has 2 nitrogen and oxygen atoms in total. The Hall–Kier alpha value is -0.370. The molecule has 0 aliphatic carbocycles. The van der Waals surface area contributed by atoms with Crippen LogP contribution in [0.4, 0.5) is 0 Å². The Kier molecular flexibility index (Phi) is 5.99. The first-order valence-electron chi connectivity index (χ1n) is 4.72. The Balaban J connectivity index is 3.71. The van der Waals surface area contributed by atoms with Crippen molar-refractivity contribution in [2.75, 3.05) is 13.2 Å². The normalized spacial score (nSPS) is 15.6. The van der Waals surface area contributed by atoms with Gasteiger partial charge in [0.25, 0.3) is 0 Å². The van der Waals surface area contributed by atoms with Gasteiger partial charge in [-0.15, -0.1) is 0 Å². The van der Waals surface area contributed by atoms with Crippen molar-refractivity contribution >= 4 is 6.29 Å². The molecule has 1 atom stereocenters. The van der Waals surface area contributed by atoms with E-state index in [1.807, 2.05) is 13.8 Å². The molecule has 0 aliphatic heterocycles. The second-order valence-electron chi connectivity index (χ2n) is 3.47. The molecule has 2 heteroatoms. The highest BCUT2D eigenvalue weighted by Gasteiger charge is 2.21. The summed E-state index contributed by atoms with van der Waals surface area (Å²) in [5.41, 5.74) is -0.163. The van der Waals surface area contributed by atoms with Gasteiger partial charge >= 0.3 is 0 Å². The summed E-state index contributed by atoms with van der Waals surface area (Å²) in [4.78, 5) is 10.8. The molecule has 0 aromatic carbocycles. The third-order valence-corrected chi connectivity index (χ3v) is 2.13. The van der Waals surface area contributed by atoms with Crippen molar-refractivity contribution in [1.82, 2.24) is 0 Å². The highest BCUT2D eigenvalue weighted by molar-refractivity contribution is 5.58. The third-order valence-electron chi connectivity index (χ3n) is 2.13. The Bertz CT molecular complexity index is 123. The predicted molar refractivity (Wildman–Crippen MR) is 50.2 cm³/mol. The van der Waals surface area contributed by atoms with Crippen LogP contribution in [0.2, 0.25) is 0 Å². The number of rotatable bonds is 7. The molecule has 0 aliphatic rings. The van der Waals surface area contributed by atoms with E-state index in [1.54, 1.807) is 0 Å². The van der Waals surface area contributed by atoms with Gasteiger partial charge in [0.1, 0.15) is 6.29 Å². The van der Waals surface area contributed by atoms with Crippen molar-refractivity contribution in [3.05, 3.63) is 0 Å². The predicted octanol–water partition coefficient (Wildman–Crippen LogP) is 2.42. The van der Waals surface area contributed by atoms with Crippen LogP contribution in [0, 0.1) is 5.41 Å². The minimum absolute atomic E-state index is 0.163. The average molecular weight is 172 g/mol. The van der Waals surface area contributed by atoms with Gasteiger partial charge < -0.3 is 9.53 Å². The second kappa shape index (κ2) is 6.18. The summed E-state index contributed by atoms with van der Waals surface area (Å²) in [6.07, 6.45) is 3.93. The Morgan fingerprint density at radius 2 is 2.00 bits per heavy atom. The van der Waals surface area contributed by atoms with Crippen LogP contribution in [0.5, 0.6) is 0 Å². The lowest BCUT2D eigenvalue weighted by atomic mass is 9.84. The number of hydrogen-bond donors (Lipinski definition) is 0. The molecule has 0 bridgehead atoms. The fourth-order valence-corrected chi connectivity index (χ4v) is 1.26. The van der Waals surface area contributed by atoms with E-state index >= 15 is 0 Å². The number of carbonyl (C=O) groups is 1. The molecule has 0 rings (SSSR count). The van der Waals surface area contributed by atoms with E-state index in [0.717, 1.165) is 32.2 Å². The zero-order valence-corrected chi connectivity index (χ0v) is 8.43. The van der Waals surface area contributed by atoms with Gasteiger partial charge in [-0.2, -0.15) is 0 Å². The summed E-state index contributed by atoms with van der Waals surface area (Å²) in [7, 11) is 0. The van der Waals surface area contributed by atoms with Crippen LogP contribution in [0.3, 0.4) is 0 Å². The van der Waals surface area contributed by atoms with Crippen LogP contribution < -0.4 is 0 Å². The van der Waals surface area contributed by atoms with Crippen LogP contribution >= 0.6 is 0 Å². The molecule has 0 spiro atoms. The third kappa shape index (κ3) is 4.50.